The summed E-state index contributed by atoms with van der Waals surface area (Å²) in [5, 5.41) is 22.6. The first-order valence-corrected chi connectivity index (χ1v) is 6.75. The van der Waals surface area contributed by atoms with Crippen LogP contribution in [-0.2, 0) is 11.3 Å². The SMILES string of the molecule is CCN(Cc1cccs1)C(=O)NCC(C)(O)C(=O)O. The van der Waals surface area contributed by atoms with Gasteiger partial charge in [0.05, 0.1) is 13.1 Å². The molecule has 2 amide bonds. The standard InChI is InChI=1S/C12H18N2O4S/c1-3-14(7-9-5-4-6-19-9)11(17)13-8-12(2,18)10(15)16/h4-6,18H,3,7-8H2,1-2H3,(H,13,17)(H,15,16). The molecule has 1 aromatic heterocycles. The summed E-state index contributed by atoms with van der Waals surface area (Å²) in [5.41, 5.74) is -1.96. The fourth-order valence-electron chi connectivity index (χ4n) is 1.35. The Balaban J connectivity index is 2.53. The molecule has 0 radical (unpaired) electrons. The monoisotopic (exact) mass is 286 g/mol. The van der Waals surface area contributed by atoms with Crippen LogP contribution in [0.3, 0.4) is 0 Å². The molecule has 1 heterocycles. The molecule has 1 atom stereocenters. The third kappa shape index (κ3) is 4.53. The van der Waals surface area contributed by atoms with Crippen LogP contribution in [-0.4, -0.2) is 45.8 Å². The van der Waals surface area contributed by atoms with E-state index in [-0.39, 0.29) is 6.54 Å². The van der Waals surface area contributed by atoms with Crippen LogP contribution in [0.4, 0.5) is 4.79 Å². The molecule has 0 aliphatic rings. The minimum Gasteiger partial charge on any atom is -0.479 e. The third-order valence-electron chi connectivity index (χ3n) is 2.64. The van der Waals surface area contributed by atoms with Gasteiger partial charge in [0.2, 0.25) is 0 Å². The summed E-state index contributed by atoms with van der Waals surface area (Å²) in [7, 11) is 0. The molecule has 19 heavy (non-hydrogen) atoms. The molecule has 0 spiro atoms. The molecule has 7 heteroatoms. The van der Waals surface area contributed by atoms with Crippen LogP contribution in [0, 0.1) is 0 Å². The number of urea groups is 1. The first kappa shape index (κ1) is 15.5. The van der Waals surface area contributed by atoms with Gasteiger partial charge >= 0.3 is 12.0 Å². The Labute approximate surface area is 115 Å². The maximum atomic E-state index is 11.9. The molecule has 3 N–H and O–H groups in total. The number of carbonyl (C=O) groups is 2. The van der Waals surface area contributed by atoms with Crippen LogP contribution in [0.25, 0.3) is 0 Å². The fourth-order valence-corrected chi connectivity index (χ4v) is 2.07. The minimum atomic E-state index is -1.96. The lowest BCUT2D eigenvalue weighted by Gasteiger charge is -2.24. The molecule has 1 rings (SSSR count). The second-order valence-corrected chi connectivity index (χ2v) is 5.36. The Morgan fingerprint density at radius 2 is 2.21 bits per heavy atom. The number of thiophene rings is 1. The number of carboxylic acids is 1. The van der Waals surface area contributed by atoms with Crippen LogP contribution in [0.5, 0.6) is 0 Å². The summed E-state index contributed by atoms with van der Waals surface area (Å²) >= 11 is 1.55. The molecule has 0 aromatic carbocycles. The van der Waals surface area contributed by atoms with Gasteiger partial charge in [0.15, 0.2) is 5.60 Å². The largest absolute Gasteiger partial charge is 0.479 e. The molecule has 106 valence electrons. The molecule has 0 bridgehead atoms. The van der Waals surface area contributed by atoms with Crippen LogP contribution in [0.1, 0.15) is 18.7 Å². The highest BCUT2D eigenvalue weighted by atomic mass is 32.1. The second kappa shape index (κ2) is 6.53. The Morgan fingerprint density at radius 1 is 1.53 bits per heavy atom. The molecule has 0 fully saturated rings. The van der Waals surface area contributed by atoms with E-state index in [1.807, 2.05) is 24.4 Å². The number of aliphatic hydroxyl groups is 1. The Bertz CT molecular complexity index is 431. The summed E-state index contributed by atoms with van der Waals surface area (Å²) in [6, 6.07) is 3.44. The van der Waals surface area contributed by atoms with E-state index in [9.17, 15) is 14.7 Å². The van der Waals surface area contributed by atoms with Gasteiger partial charge in [-0.25, -0.2) is 9.59 Å². The van der Waals surface area contributed by atoms with Crippen molar-refractivity contribution >= 4 is 23.3 Å². The summed E-state index contributed by atoms with van der Waals surface area (Å²) in [5.74, 6) is -1.37. The molecular formula is C12H18N2O4S. The predicted octanol–water partition coefficient (Wildman–Crippen LogP) is 1.12. The number of hydrogen-bond donors (Lipinski definition) is 3. The van der Waals surface area contributed by atoms with Crippen molar-refractivity contribution in [1.29, 1.82) is 0 Å². The number of nitrogens with zero attached hydrogens (tertiary/aromatic N) is 1. The lowest BCUT2D eigenvalue weighted by Crippen LogP contribution is -2.49. The van der Waals surface area contributed by atoms with Crippen molar-refractivity contribution < 1.29 is 19.8 Å². The van der Waals surface area contributed by atoms with Gasteiger partial charge < -0.3 is 20.4 Å². The van der Waals surface area contributed by atoms with Crippen molar-refractivity contribution in [3.8, 4) is 0 Å². The average Bonchev–Trinajstić information content (AvgIpc) is 2.85. The van der Waals surface area contributed by atoms with Crippen LogP contribution in [0.15, 0.2) is 17.5 Å². The Kier molecular flexibility index (Phi) is 5.31. The smallest absolute Gasteiger partial charge is 0.337 e. The van der Waals surface area contributed by atoms with Crippen molar-refractivity contribution in [2.45, 2.75) is 26.0 Å². The second-order valence-electron chi connectivity index (χ2n) is 4.33. The number of aliphatic carboxylic acids is 1. The topological polar surface area (TPSA) is 89.9 Å². The number of nitrogens with one attached hydrogen (secondary N) is 1. The summed E-state index contributed by atoms with van der Waals surface area (Å²) in [6.07, 6.45) is 0. The predicted molar refractivity (Wildman–Crippen MR) is 72.1 cm³/mol. The van der Waals surface area contributed by atoms with Gasteiger partial charge in [-0.05, 0) is 25.3 Å². The zero-order chi connectivity index (χ0) is 14.5. The highest BCUT2D eigenvalue weighted by Crippen LogP contribution is 2.12. The zero-order valence-electron chi connectivity index (χ0n) is 10.9. The Hall–Kier alpha value is -1.60. The first-order valence-electron chi connectivity index (χ1n) is 5.87. The maximum absolute atomic E-state index is 11.9. The molecule has 6 nitrogen and oxygen atoms in total. The van der Waals surface area contributed by atoms with Crippen molar-refractivity contribution in [2.24, 2.45) is 0 Å². The quantitative estimate of drug-likeness (QED) is 0.731. The van der Waals surface area contributed by atoms with Gasteiger partial charge in [-0.2, -0.15) is 0 Å². The molecule has 0 aliphatic heterocycles. The van der Waals surface area contributed by atoms with Crippen LogP contribution < -0.4 is 5.32 Å². The lowest BCUT2D eigenvalue weighted by atomic mass is 10.1. The van der Waals surface area contributed by atoms with E-state index in [4.69, 9.17) is 5.11 Å². The third-order valence-corrected chi connectivity index (χ3v) is 3.50. The number of hydrogen-bond acceptors (Lipinski definition) is 4. The summed E-state index contributed by atoms with van der Waals surface area (Å²) in [4.78, 5) is 25.2. The Morgan fingerprint density at radius 3 is 2.68 bits per heavy atom. The molecule has 1 unspecified atom stereocenters. The molecule has 0 saturated heterocycles. The molecule has 1 aromatic rings. The lowest BCUT2D eigenvalue weighted by molar-refractivity contribution is -0.155. The molecule has 0 saturated carbocycles. The maximum Gasteiger partial charge on any atom is 0.337 e. The van der Waals surface area contributed by atoms with Crippen molar-refractivity contribution in [1.82, 2.24) is 10.2 Å². The van der Waals surface area contributed by atoms with E-state index in [2.05, 4.69) is 5.32 Å². The van der Waals surface area contributed by atoms with E-state index >= 15 is 0 Å². The van der Waals surface area contributed by atoms with E-state index in [0.29, 0.717) is 13.1 Å². The highest BCUT2D eigenvalue weighted by Gasteiger charge is 2.30. The minimum absolute atomic E-state index is 0.331. The number of rotatable bonds is 6. The van der Waals surface area contributed by atoms with Crippen molar-refractivity contribution in [3.05, 3.63) is 22.4 Å². The van der Waals surface area contributed by atoms with Crippen LogP contribution in [0.2, 0.25) is 0 Å². The van der Waals surface area contributed by atoms with Crippen molar-refractivity contribution in [3.63, 3.8) is 0 Å². The van der Waals surface area contributed by atoms with E-state index in [0.717, 1.165) is 11.8 Å². The van der Waals surface area contributed by atoms with Crippen LogP contribution >= 0.6 is 11.3 Å². The van der Waals surface area contributed by atoms with E-state index in [1.165, 1.54) is 0 Å². The normalized spacial score (nSPS) is 13.6. The number of amides is 2. The van der Waals surface area contributed by atoms with Gasteiger partial charge in [0.25, 0.3) is 0 Å². The molecule has 0 aliphatic carbocycles. The van der Waals surface area contributed by atoms with Crippen molar-refractivity contribution in [2.75, 3.05) is 13.1 Å². The van der Waals surface area contributed by atoms with Gasteiger partial charge in [-0.3, -0.25) is 0 Å². The van der Waals surface area contributed by atoms with Gasteiger partial charge in [-0.15, -0.1) is 11.3 Å². The highest BCUT2D eigenvalue weighted by molar-refractivity contribution is 7.09. The molecular weight excluding hydrogens is 268 g/mol. The fraction of sp³-hybridized carbons (Fsp3) is 0.500. The summed E-state index contributed by atoms with van der Waals surface area (Å²) in [6.45, 7) is 3.62. The number of carboxylic acid groups (broad SMARTS) is 1. The zero-order valence-corrected chi connectivity index (χ0v) is 11.7. The average molecular weight is 286 g/mol. The summed E-state index contributed by atoms with van der Waals surface area (Å²) < 4.78 is 0. The number of carbonyl (C=O) groups excluding carboxylic acids is 1. The van der Waals surface area contributed by atoms with Gasteiger partial charge in [-0.1, -0.05) is 6.07 Å². The van der Waals surface area contributed by atoms with E-state index < -0.39 is 17.6 Å². The van der Waals surface area contributed by atoms with Gasteiger partial charge in [0, 0.05) is 11.4 Å². The van der Waals surface area contributed by atoms with E-state index in [1.54, 1.807) is 16.2 Å². The first-order chi connectivity index (χ1) is 8.86. The van der Waals surface area contributed by atoms with Gasteiger partial charge in [0.1, 0.15) is 0 Å².